The standard InChI is InChI=1S/C18H25BClN3O2/c1-4-5-6-13-9-17(20)21-22-18(13)12(2)14-7-15-10-25-11-16(8-14)23(15)19(3)24/h4,9,14-16,24H,1-2,5-8,10-11H2,3H3. The molecule has 0 amide bonds. The van der Waals surface area contributed by atoms with Crippen molar-refractivity contribution in [3.63, 3.8) is 0 Å². The van der Waals surface area contributed by atoms with Crippen LogP contribution >= 0.6 is 11.6 Å². The quantitative estimate of drug-likeness (QED) is 0.623. The van der Waals surface area contributed by atoms with E-state index >= 15 is 0 Å². The maximum atomic E-state index is 10.1. The van der Waals surface area contributed by atoms with Crippen molar-refractivity contribution in [2.45, 2.75) is 44.6 Å². The third-order valence-electron chi connectivity index (χ3n) is 5.27. The molecule has 3 heterocycles. The molecule has 2 aliphatic heterocycles. The summed E-state index contributed by atoms with van der Waals surface area (Å²) in [5, 5.41) is 18.9. The molecule has 2 aliphatic rings. The zero-order valence-electron chi connectivity index (χ0n) is 14.7. The van der Waals surface area contributed by atoms with Crippen LogP contribution in [-0.4, -0.2) is 52.4 Å². The van der Waals surface area contributed by atoms with E-state index in [1.54, 1.807) is 0 Å². The number of aromatic nitrogens is 2. The summed E-state index contributed by atoms with van der Waals surface area (Å²) in [5.41, 5.74) is 2.95. The minimum atomic E-state index is -0.452. The number of halogens is 1. The number of morpholine rings is 1. The third-order valence-corrected chi connectivity index (χ3v) is 5.45. The first-order valence-corrected chi connectivity index (χ1v) is 9.24. The first kappa shape index (κ1) is 18.6. The van der Waals surface area contributed by atoms with E-state index in [9.17, 15) is 5.02 Å². The Hall–Kier alpha value is -1.21. The molecule has 2 unspecified atom stereocenters. The predicted octanol–water partition coefficient (Wildman–Crippen LogP) is 2.85. The van der Waals surface area contributed by atoms with Gasteiger partial charge >= 0.3 is 7.05 Å². The van der Waals surface area contributed by atoms with Crippen LogP contribution in [0, 0.1) is 5.92 Å². The van der Waals surface area contributed by atoms with Gasteiger partial charge < -0.3 is 14.6 Å². The van der Waals surface area contributed by atoms with Crippen molar-refractivity contribution >= 4 is 24.2 Å². The Morgan fingerprint density at radius 2 is 2.12 bits per heavy atom. The maximum Gasteiger partial charge on any atom is 0.377 e. The summed E-state index contributed by atoms with van der Waals surface area (Å²) >= 11 is 6.04. The number of aryl methyl sites for hydroxylation is 1. The van der Waals surface area contributed by atoms with E-state index in [1.165, 1.54) is 0 Å². The van der Waals surface area contributed by atoms with Crippen molar-refractivity contribution < 1.29 is 9.76 Å². The van der Waals surface area contributed by atoms with Gasteiger partial charge in [-0.25, -0.2) is 0 Å². The lowest BCUT2D eigenvalue weighted by molar-refractivity contribution is -0.0471. The third kappa shape index (κ3) is 3.98. The summed E-state index contributed by atoms with van der Waals surface area (Å²) < 4.78 is 5.70. The van der Waals surface area contributed by atoms with Gasteiger partial charge in [0.25, 0.3) is 0 Å². The molecule has 134 valence electrons. The van der Waals surface area contributed by atoms with Gasteiger partial charge in [-0.2, -0.15) is 0 Å². The molecule has 2 saturated heterocycles. The number of nitrogens with zero attached hydrogens (tertiary/aromatic N) is 3. The minimum Gasteiger partial charge on any atom is -0.437 e. The summed E-state index contributed by atoms with van der Waals surface area (Å²) in [4.78, 5) is 2.18. The van der Waals surface area contributed by atoms with Gasteiger partial charge in [0.1, 0.15) is 0 Å². The number of piperidine rings is 1. The van der Waals surface area contributed by atoms with Gasteiger partial charge in [-0.3, -0.25) is 0 Å². The Labute approximate surface area is 154 Å². The molecule has 0 aliphatic carbocycles. The lowest BCUT2D eigenvalue weighted by Gasteiger charge is -2.49. The fraction of sp³-hybridized carbons (Fsp3) is 0.556. The Kier molecular flexibility index (Phi) is 5.94. The van der Waals surface area contributed by atoms with E-state index in [2.05, 4.69) is 28.2 Å². The Morgan fingerprint density at radius 3 is 2.72 bits per heavy atom. The Balaban J connectivity index is 1.81. The average molecular weight is 362 g/mol. The average Bonchev–Trinajstić information content (AvgIpc) is 2.58. The van der Waals surface area contributed by atoms with E-state index in [-0.39, 0.29) is 12.1 Å². The highest BCUT2D eigenvalue weighted by molar-refractivity contribution is 6.45. The molecule has 1 N–H and O–H groups in total. The first-order valence-electron chi connectivity index (χ1n) is 8.86. The van der Waals surface area contributed by atoms with Gasteiger partial charge in [0.2, 0.25) is 0 Å². The van der Waals surface area contributed by atoms with Crippen LogP contribution in [0.1, 0.15) is 30.5 Å². The summed E-state index contributed by atoms with van der Waals surface area (Å²) in [6.07, 6.45) is 5.40. The molecule has 0 spiro atoms. The monoisotopic (exact) mass is 361 g/mol. The van der Waals surface area contributed by atoms with Crippen LogP contribution in [0.15, 0.2) is 25.3 Å². The second-order valence-corrected chi connectivity index (χ2v) is 7.37. The molecule has 1 aromatic rings. The van der Waals surface area contributed by atoms with Crippen LogP contribution < -0.4 is 0 Å². The molecule has 1 aromatic heterocycles. The molecule has 2 bridgehead atoms. The maximum absolute atomic E-state index is 10.1. The normalized spacial score (nSPS) is 26.3. The lowest BCUT2D eigenvalue weighted by Crippen LogP contribution is -2.61. The molecule has 2 fully saturated rings. The zero-order chi connectivity index (χ0) is 18.0. The molecule has 5 nitrogen and oxygen atoms in total. The minimum absolute atomic E-state index is 0.214. The van der Waals surface area contributed by atoms with Gasteiger partial charge in [0.05, 0.1) is 18.9 Å². The number of allylic oxidation sites excluding steroid dienone is 2. The Morgan fingerprint density at radius 1 is 1.44 bits per heavy atom. The predicted molar refractivity (Wildman–Crippen MR) is 101 cm³/mol. The SMILES string of the molecule is C=CCCc1cc(Cl)nnc1C(=C)C1CC2COCC(C1)N2B(C)O. The van der Waals surface area contributed by atoms with E-state index in [1.807, 2.05) is 19.0 Å². The van der Waals surface area contributed by atoms with Gasteiger partial charge in [0.15, 0.2) is 5.15 Å². The van der Waals surface area contributed by atoms with Crippen molar-refractivity contribution in [1.29, 1.82) is 0 Å². The van der Waals surface area contributed by atoms with Crippen molar-refractivity contribution in [3.05, 3.63) is 41.7 Å². The van der Waals surface area contributed by atoms with Crippen molar-refractivity contribution in [2.24, 2.45) is 5.92 Å². The fourth-order valence-corrected chi connectivity index (χ4v) is 4.32. The molecule has 0 radical (unpaired) electrons. The van der Waals surface area contributed by atoms with Gasteiger partial charge in [-0.15, -0.1) is 16.8 Å². The van der Waals surface area contributed by atoms with E-state index < -0.39 is 7.05 Å². The van der Waals surface area contributed by atoms with Gasteiger partial charge in [-0.05, 0) is 55.6 Å². The topological polar surface area (TPSA) is 58.5 Å². The lowest BCUT2D eigenvalue weighted by atomic mass is 9.71. The van der Waals surface area contributed by atoms with Crippen LogP contribution in [0.4, 0.5) is 0 Å². The number of ether oxygens (including phenoxy) is 1. The van der Waals surface area contributed by atoms with E-state index in [4.69, 9.17) is 16.3 Å². The number of rotatable bonds is 6. The first-order chi connectivity index (χ1) is 12.0. The second-order valence-electron chi connectivity index (χ2n) is 6.99. The van der Waals surface area contributed by atoms with Gasteiger partial charge in [0, 0.05) is 12.1 Å². The number of hydrogen-bond donors (Lipinski definition) is 1. The smallest absolute Gasteiger partial charge is 0.377 e. The van der Waals surface area contributed by atoms with E-state index in [0.29, 0.717) is 24.3 Å². The summed E-state index contributed by atoms with van der Waals surface area (Å²) in [6.45, 7) is 11.3. The van der Waals surface area contributed by atoms with Crippen molar-refractivity contribution in [1.82, 2.24) is 15.0 Å². The molecule has 0 saturated carbocycles. The number of fused-ring (bicyclic) bond motifs is 2. The highest BCUT2D eigenvalue weighted by Crippen LogP contribution is 2.39. The van der Waals surface area contributed by atoms with Crippen molar-refractivity contribution in [2.75, 3.05) is 13.2 Å². The Bertz CT molecular complexity index is 641. The summed E-state index contributed by atoms with van der Waals surface area (Å²) in [6, 6.07) is 2.31. The van der Waals surface area contributed by atoms with Crippen LogP contribution in [-0.2, 0) is 11.2 Å². The van der Waals surface area contributed by atoms with Crippen LogP contribution in [0.2, 0.25) is 12.0 Å². The molecule has 3 rings (SSSR count). The molecular weight excluding hydrogens is 336 g/mol. The van der Waals surface area contributed by atoms with Crippen LogP contribution in [0.3, 0.4) is 0 Å². The van der Waals surface area contributed by atoms with Crippen molar-refractivity contribution in [3.8, 4) is 0 Å². The molecule has 7 heteroatoms. The fourth-order valence-electron chi connectivity index (χ4n) is 4.15. The van der Waals surface area contributed by atoms with Crippen LogP contribution in [0.25, 0.3) is 5.57 Å². The largest absolute Gasteiger partial charge is 0.437 e. The van der Waals surface area contributed by atoms with Gasteiger partial charge in [-0.1, -0.05) is 24.3 Å². The summed E-state index contributed by atoms with van der Waals surface area (Å²) in [5.74, 6) is 0.312. The molecular formula is C18H25BClN3O2. The molecule has 2 atom stereocenters. The van der Waals surface area contributed by atoms with E-state index in [0.717, 1.165) is 42.5 Å². The van der Waals surface area contributed by atoms with Crippen LogP contribution in [0.5, 0.6) is 0 Å². The second kappa shape index (κ2) is 8.00. The molecule has 0 aromatic carbocycles. The highest BCUT2D eigenvalue weighted by atomic mass is 35.5. The summed E-state index contributed by atoms with van der Waals surface area (Å²) in [7, 11) is -0.452. The highest BCUT2D eigenvalue weighted by Gasteiger charge is 2.43. The number of hydrogen-bond acceptors (Lipinski definition) is 5. The zero-order valence-corrected chi connectivity index (χ0v) is 15.5. The molecule has 25 heavy (non-hydrogen) atoms.